The van der Waals surface area contributed by atoms with Crippen LogP contribution in [0, 0.1) is 0 Å². The standard InChI is InChI=1S/C70H87NO16Si/c1-48(73)71-58-62-61(86-70(2,3)87-62)55(39-72)81-67(58)85-64-59(77-42-51-29-17-9-18-30-51)56(46-74-40-49-25-13-7-14-26-49)83-69(66(64)80-45-54-35-23-12-24-36-54)84-60-57(47-75-41-50-27-15-8-16-28-50)82-68(76-37-38-88(4,5)6)65(79-44-53-33-21-11-22-34-53)63(60)78-43-52-31-19-10-20-32-52/h7-36,55-69,72H,37-47H2,1-6H3,(H,71,73)/t55-,56-,57-,58-,59+,60-,61+,62-,63+,64+,65-,66-,67-,68-,69+/m1/s1. The number of hydrogen-bond donors (Lipinski definition) is 2. The Morgan fingerprint density at radius 1 is 0.455 bits per heavy atom. The first-order valence-corrected chi connectivity index (χ1v) is 34.4. The summed E-state index contributed by atoms with van der Waals surface area (Å²) in [7, 11) is -1.61. The lowest BCUT2D eigenvalue weighted by Gasteiger charge is -2.51. The number of rotatable bonds is 30. The Balaban J connectivity index is 1.10. The third-order valence-corrected chi connectivity index (χ3v) is 17.6. The lowest BCUT2D eigenvalue weighted by Crippen LogP contribution is -2.69. The Kier molecular flexibility index (Phi) is 23.7. The van der Waals surface area contributed by atoms with Gasteiger partial charge in [0.05, 0.1) is 59.5 Å². The number of ether oxygens (including phenoxy) is 14. The van der Waals surface area contributed by atoms with Gasteiger partial charge in [0.1, 0.15) is 73.2 Å². The smallest absolute Gasteiger partial charge is 0.217 e. The third-order valence-electron chi connectivity index (χ3n) is 15.9. The van der Waals surface area contributed by atoms with E-state index in [1.165, 1.54) is 6.92 Å². The van der Waals surface area contributed by atoms with Gasteiger partial charge >= 0.3 is 0 Å². The fourth-order valence-electron chi connectivity index (χ4n) is 11.4. The van der Waals surface area contributed by atoms with Gasteiger partial charge in [-0.1, -0.05) is 202 Å². The number of fused-ring (bicyclic) bond motifs is 1. The Hall–Kier alpha value is -5.59. The second-order valence-electron chi connectivity index (χ2n) is 24.5. The van der Waals surface area contributed by atoms with Crippen molar-refractivity contribution < 1.29 is 76.2 Å². The molecule has 17 nitrogen and oxygen atoms in total. The van der Waals surface area contributed by atoms with Gasteiger partial charge in [-0.15, -0.1) is 0 Å². The molecule has 15 atom stereocenters. The van der Waals surface area contributed by atoms with E-state index >= 15 is 0 Å². The molecule has 6 aromatic rings. The average Bonchev–Trinajstić information content (AvgIpc) is 2.46. The van der Waals surface area contributed by atoms with Gasteiger partial charge in [0, 0.05) is 21.6 Å². The van der Waals surface area contributed by atoms with E-state index in [4.69, 9.17) is 66.3 Å². The molecular weight excluding hydrogens is 1140 g/mol. The van der Waals surface area contributed by atoms with Gasteiger partial charge in [-0.3, -0.25) is 4.79 Å². The minimum atomic E-state index is -1.61. The maximum Gasteiger partial charge on any atom is 0.217 e. The van der Waals surface area contributed by atoms with E-state index in [1.54, 1.807) is 13.8 Å². The molecular formula is C70H87NO16Si. The van der Waals surface area contributed by atoms with Gasteiger partial charge in [0.2, 0.25) is 5.91 Å². The van der Waals surface area contributed by atoms with Crippen molar-refractivity contribution in [2.45, 2.75) is 184 Å². The van der Waals surface area contributed by atoms with Crippen LogP contribution in [0.15, 0.2) is 182 Å². The summed E-state index contributed by atoms with van der Waals surface area (Å²) in [5.74, 6) is -1.46. The summed E-state index contributed by atoms with van der Waals surface area (Å²) in [5, 5.41) is 14.1. The second kappa shape index (κ2) is 31.9. The normalized spacial score (nSPS) is 28.6. The molecule has 472 valence electrons. The molecule has 2 N–H and O–H groups in total. The molecule has 0 unspecified atom stereocenters. The van der Waals surface area contributed by atoms with Crippen molar-refractivity contribution >= 4 is 14.0 Å². The number of aliphatic hydroxyl groups excluding tert-OH is 1. The molecule has 4 aliphatic heterocycles. The van der Waals surface area contributed by atoms with Crippen LogP contribution in [0.4, 0.5) is 0 Å². The zero-order chi connectivity index (χ0) is 61.3. The minimum absolute atomic E-state index is 0.0102. The molecule has 0 spiro atoms. The minimum Gasteiger partial charge on any atom is -0.394 e. The Labute approximate surface area is 519 Å². The first-order valence-electron chi connectivity index (χ1n) is 30.7. The molecule has 4 fully saturated rings. The number of carbonyl (C=O) groups is 1. The zero-order valence-corrected chi connectivity index (χ0v) is 52.3. The van der Waals surface area contributed by atoms with Crippen molar-refractivity contribution in [2.75, 3.05) is 26.4 Å². The molecule has 88 heavy (non-hydrogen) atoms. The van der Waals surface area contributed by atoms with Gasteiger partial charge in [-0.2, -0.15) is 0 Å². The molecule has 10 rings (SSSR count). The molecule has 6 aromatic carbocycles. The van der Waals surface area contributed by atoms with E-state index in [9.17, 15) is 9.90 Å². The third kappa shape index (κ3) is 18.5. The summed E-state index contributed by atoms with van der Waals surface area (Å²) in [6.45, 7) is 13.0. The van der Waals surface area contributed by atoms with E-state index in [0.717, 1.165) is 39.4 Å². The van der Waals surface area contributed by atoms with Crippen LogP contribution in [0.2, 0.25) is 25.7 Å². The van der Waals surface area contributed by atoms with Gasteiger partial charge in [-0.25, -0.2) is 0 Å². The number of aliphatic hydroxyl groups is 1. The van der Waals surface area contributed by atoms with Crippen LogP contribution in [0.1, 0.15) is 54.2 Å². The number of amides is 1. The molecule has 4 saturated heterocycles. The monoisotopic (exact) mass is 1230 g/mol. The quantitative estimate of drug-likeness (QED) is 0.0407. The Morgan fingerprint density at radius 2 is 0.830 bits per heavy atom. The molecule has 0 aliphatic carbocycles. The first kappa shape index (κ1) is 65.4. The molecule has 4 aliphatic rings. The molecule has 0 aromatic heterocycles. The van der Waals surface area contributed by atoms with Crippen LogP contribution < -0.4 is 5.32 Å². The SMILES string of the molecule is CC(=O)N[C@H]1[C@@H](O[C@H]2[C@@H](OCc3ccccc3)[C@@H](COCc3ccccc3)O[C@@H](O[C@H]3[C@H](OCc4ccccc4)[C@@H](OCc4ccccc4)[C@H](OCC[Si](C)(C)C)O[C@@H]3COCc3ccccc3)[C@@H]2OCc2ccccc2)O[C@H](CO)[C@@H]2OC(C)(C)O[C@H]12. The molecule has 18 heteroatoms. The summed E-state index contributed by atoms with van der Waals surface area (Å²) in [6.07, 6.45) is -14.0. The highest BCUT2D eigenvalue weighted by molar-refractivity contribution is 6.76. The second-order valence-corrected chi connectivity index (χ2v) is 30.2. The average molecular weight is 1230 g/mol. The van der Waals surface area contributed by atoms with E-state index in [-0.39, 0.29) is 58.8 Å². The van der Waals surface area contributed by atoms with Crippen molar-refractivity contribution in [3.05, 3.63) is 215 Å². The zero-order valence-electron chi connectivity index (χ0n) is 51.3. The van der Waals surface area contributed by atoms with Gasteiger partial charge in [-0.05, 0) is 53.3 Å². The summed E-state index contributed by atoms with van der Waals surface area (Å²) in [4.78, 5) is 13.4. The fourth-order valence-corrected chi connectivity index (χ4v) is 12.2. The van der Waals surface area contributed by atoms with Crippen molar-refractivity contribution in [1.29, 1.82) is 0 Å². The molecule has 1 amide bonds. The lowest BCUT2D eigenvalue weighted by atomic mass is 9.94. The number of benzene rings is 6. The lowest BCUT2D eigenvalue weighted by molar-refractivity contribution is -0.387. The van der Waals surface area contributed by atoms with Crippen LogP contribution in [-0.2, 0) is 111 Å². The molecule has 0 radical (unpaired) electrons. The predicted octanol–water partition coefficient (Wildman–Crippen LogP) is 10.1. The summed E-state index contributed by atoms with van der Waals surface area (Å²) in [6, 6.07) is 59.3. The highest BCUT2D eigenvalue weighted by Crippen LogP contribution is 2.42. The number of hydrogen-bond acceptors (Lipinski definition) is 16. The summed E-state index contributed by atoms with van der Waals surface area (Å²) >= 11 is 0. The van der Waals surface area contributed by atoms with Crippen LogP contribution in [-0.4, -0.2) is 143 Å². The van der Waals surface area contributed by atoms with Crippen LogP contribution in [0.5, 0.6) is 0 Å². The fraction of sp³-hybridized carbons (Fsp3) is 0.471. The molecule has 0 bridgehead atoms. The topological polar surface area (TPSA) is 179 Å². The van der Waals surface area contributed by atoms with Gasteiger partial charge in [0.15, 0.2) is 24.7 Å². The predicted molar refractivity (Wildman–Crippen MR) is 331 cm³/mol. The molecule has 4 heterocycles. The van der Waals surface area contributed by atoms with Crippen LogP contribution in [0.25, 0.3) is 0 Å². The van der Waals surface area contributed by atoms with Crippen LogP contribution in [0.3, 0.4) is 0 Å². The van der Waals surface area contributed by atoms with E-state index < -0.39 is 113 Å². The maximum atomic E-state index is 13.4. The maximum absolute atomic E-state index is 13.4. The van der Waals surface area contributed by atoms with Gasteiger partial charge < -0.3 is 76.7 Å². The first-order chi connectivity index (χ1) is 42.8. The van der Waals surface area contributed by atoms with Crippen LogP contribution >= 0.6 is 0 Å². The summed E-state index contributed by atoms with van der Waals surface area (Å²) in [5.41, 5.74) is 5.52. The van der Waals surface area contributed by atoms with Crippen molar-refractivity contribution in [2.24, 2.45) is 0 Å². The van der Waals surface area contributed by atoms with E-state index in [2.05, 4.69) is 25.0 Å². The highest BCUT2D eigenvalue weighted by atomic mass is 28.3. The van der Waals surface area contributed by atoms with Crippen molar-refractivity contribution in [1.82, 2.24) is 5.32 Å². The van der Waals surface area contributed by atoms with Gasteiger partial charge in [0.25, 0.3) is 0 Å². The molecule has 0 saturated carbocycles. The largest absolute Gasteiger partial charge is 0.394 e. The Bertz CT molecular complexity index is 2970. The van der Waals surface area contributed by atoms with E-state index in [0.29, 0.717) is 6.61 Å². The summed E-state index contributed by atoms with van der Waals surface area (Å²) < 4.78 is 98.3. The highest BCUT2D eigenvalue weighted by Gasteiger charge is 2.59. The Morgan fingerprint density at radius 3 is 1.27 bits per heavy atom. The number of carbonyl (C=O) groups excluding carboxylic acids is 1. The van der Waals surface area contributed by atoms with Crippen molar-refractivity contribution in [3.8, 4) is 0 Å². The number of nitrogens with one attached hydrogen (secondary N) is 1. The van der Waals surface area contributed by atoms with Crippen molar-refractivity contribution in [3.63, 3.8) is 0 Å². The van der Waals surface area contributed by atoms with E-state index in [1.807, 2.05) is 182 Å².